The van der Waals surface area contributed by atoms with Gasteiger partial charge in [-0.15, -0.1) is 0 Å². The van der Waals surface area contributed by atoms with E-state index in [1.807, 2.05) is 19.1 Å². The fourth-order valence-electron chi connectivity index (χ4n) is 3.13. The van der Waals surface area contributed by atoms with Gasteiger partial charge in [0.05, 0.1) is 6.04 Å². The van der Waals surface area contributed by atoms with E-state index in [2.05, 4.69) is 18.7 Å². The average molecular weight is 250 g/mol. The topological polar surface area (TPSA) is 29.3 Å². The smallest absolute Gasteiger partial charge is 0.128 e. The molecule has 0 saturated carbocycles. The molecule has 0 aromatic heterocycles. The van der Waals surface area contributed by atoms with E-state index in [-0.39, 0.29) is 11.9 Å². The summed E-state index contributed by atoms with van der Waals surface area (Å²) in [6.45, 7) is 7.93. The molecule has 3 unspecified atom stereocenters. The highest BCUT2D eigenvalue weighted by Gasteiger charge is 2.32. The maximum absolute atomic E-state index is 14.0. The SMILES string of the molecule is Cc1ccc(F)c(C(CN)N2CC(C)CC2C)c1. The number of nitrogens with zero attached hydrogens (tertiary/aromatic N) is 1. The molecule has 1 aliphatic rings. The predicted octanol–water partition coefficient (Wildman–Crippen LogP) is 2.86. The highest BCUT2D eigenvalue weighted by Crippen LogP contribution is 2.32. The van der Waals surface area contributed by atoms with Crippen molar-refractivity contribution in [1.29, 1.82) is 0 Å². The molecule has 1 aliphatic heterocycles. The summed E-state index contributed by atoms with van der Waals surface area (Å²) < 4.78 is 14.0. The highest BCUT2D eigenvalue weighted by atomic mass is 19.1. The third-order valence-corrected chi connectivity index (χ3v) is 3.97. The molecule has 3 heteroatoms. The van der Waals surface area contributed by atoms with E-state index in [4.69, 9.17) is 5.73 Å². The standard InChI is InChI=1S/C15H23FN2/c1-10-4-5-14(16)13(7-10)15(8-17)18-9-11(2)6-12(18)3/h4-5,7,11-12,15H,6,8-9,17H2,1-3H3. The van der Waals surface area contributed by atoms with Crippen LogP contribution in [0.3, 0.4) is 0 Å². The van der Waals surface area contributed by atoms with Crippen LogP contribution in [0.5, 0.6) is 0 Å². The molecule has 2 rings (SSSR count). The first kappa shape index (κ1) is 13.5. The molecule has 3 atom stereocenters. The predicted molar refractivity (Wildman–Crippen MR) is 72.9 cm³/mol. The minimum atomic E-state index is -0.136. The Kier molecular flexibility index (Phi) is 4.03. The molecule has 1 heterocycles. The quantitative estimate of drug-likeness (QED) is 0.893. The molecule has 1 aromatic rings. The first-order chi connectivity index (χ1) is 8.52. The Bertz CT molecular complexity index is 419. The molecule has 1 aromatic carbocycles. The number of aryl methyl sites for hydroxylation is 1. The molecule has 2 N–H and O–H groups in total. The van der Waals surface area contributed by atoms with Crippen molar-refractivity contribution in [2.75, 3.05) is 13.1 Å². The molecule has 2 nitrogen and oxygen atoms in total. The number of benzene rings is 1. The first-order valence-corrected chi connectivity index (χ1v) is 6.74. The van der Waals surface area contributed by atoms with Gasteiger partial charge < -0.3 is 5.73 Å². The number of nitrogens with two attached hydrogens (primary N) is 1. The molecule has 0 spiro atoms. The van der Waals surface area contributed by atoms with E-state index >= 15 is 0 Å². The summed E-state index contributed by atoms with van der Waals surface area (Å²) in [5.74, 6) is 0.532. The van der Waals surface area contributed by atoms with E-state index < -0.39 is 0 Å². The van der Waals surface area contributed by atoms with E-state index in [1.165, 1.54) is 6.42 Å². The molecule has 0 amide bonds. The first-order valence-electron chi connectivity index (χ1n) is 6.74. The Hall–Kier alpha value is -0.930. The molecule has 18 heavy (non-hydrogen) atoms. The fourth-order valence-corrected chi connectivity index (χ4v) is 3.13. The van der Waals surface area contributed by atoms with Crippen molar-refractivity contribution >= 4 is 0 Å². The zero-order chi connectivity index (χ0) is 13.3. The van der Waals surface area contributed by atoms with Crippen LogP contribution >= 0.6 is 0 Å². The van der Waals surface area contributed by atoms with Gasteiger partial charge in [-0.3, -0.25) is 4.90 Å². The highest BCUT2D eigenvalue weighted by molar-refractivity contribution is 5.27. The van der Waals surface area contributed by atoms with Crippen molar-refractivity contribution in [2.24, 2.45) is 11.7 Å². The molecular formula is C15H23FN2. The van der Waals surface area contributed by atoms with Crippen molar-refractivity contribution in [3.63, 3.8) is 0 Å². The van der Waals surface area contributed by atoms with Gasteiger partial charge in [0.1, 0.15) is 5.82 Å². The van der Waals surface area contributed by atoms with Crippen LogP contribution < -0.4 is 5.73 Å². The largest absolute Gasteiger partial charge is 0.329 e. The Labute approximate surface area is 109 Å². The molecule has 0 aliphatic carbocycles. The summed E-state index contributed by atoms with van der Waals surface area (Å²) in [7, 11) is 0. The van der Waals surface area contributed by atoms with Gasteiger partial charge in [-0.1, -0.05) is 24.6 Å². The molecule has 0 radical (unpaired) electrons. The van der Waals surface area contributed by atoms with Crippen molar-refractivity contribution in [3.8, 4) is 0 Å². The summed E-state index contributed by atoms with van der Waals surface area (Å²) in [6.07, 6.45) is 1.17. The Morgan fingerprint density at radius 2 is 2.17 bits per heavy atom. The van der Waals surface area contributed by atoms with E-state index in [1.54, 1.807) is 6.07 Å². The average Bonchev–Trinajstić information content (AvgIpc) is 2.64. The minimum absolute atomic E-state index is 0.00449. The van der Waals surface area contributed by atoms with Crippen LogP contribution in [0.2, 0.25) is 0 Å². The maximum atomic E-state index is 14.0. The van der Waals surface area contributed by atoms with E-state index in [9.17, 15) is 4.39 Å². The van der Waals surface area contributed by atoms with Gasteiger partial charge in [-0.25, -0.2) is 4.39 Å². The van der Waals surface area contributed by atoms with Crippen LogP contribution in [0.15, 0.2) is 18.2 Å². The van der Waals surface area contributed by atoms with Gasteiger partial charge in [-0.05, 0) is 32.3 Å². The van der Waals surface area contributed by atoms with Crippen LogP contribution in [-0.4, -0.2) is 24.0 Å². The lowest BCUT2D eigenvalue weighted by Gasteiger charge is -2.31. The lowest BCUT2D eigenvalue weighted by atomic mass is 10.0. The molecule has 0 bridgehead atoms. The normalized spacial score (nSPS) is 26.5. The second kappa shape index (κ2) is 5.37. The monoisotopic (exact) mass is 250 g/mol. The number of hydrogen-bond acceptors (Lipinski definition) is 2. The zero-order valence-corrected chi connectivity index (χ0v) is 11.5. The summed E-state index contributed by atoms with van der Waals surface area (Å²) in [4.78, 5) is 2.35. The summed E-state index contributed by atoms with van der Waals surface area (Å²) in [5, 5.41) is 0. The third kappa shape index (κ3) is 2.57. The Morgan fingerprint density at radius 1 is 1.44 bits per heavy atom. The summed E-state index contributed by atoms with van der Waals surface area (Å²) in [6, 6.07) is 5.78. The van der Waals surface area contributed by atoms with Crippen molar-refractivity contribution in [3.05, 3.63) is 35.1 Å². The number of rotatable bonds is 3. The van der Waals surface area contributed by atoms with Crippen LogP contribution in [0.25, 0.3) is 0 Å². The van der Waals surface area contributed by atoms with Crippen LogP contribution in [0, 0.1) is 18.7 Å². The molecular weight excluding hydrogens is 227 g/mol. The number of halogens is 1. The maximum Gasteiger partial charge on any atom is 0.128 e. The molecule has 1 fully saturated rings. The molecule has 100 valence electrons. The third-order valence-electron chi connectivity index (χ3n) is 3.97. The lowest BCUT2D eigenvalue weighted by molar-refractivity contribution is 0.188. The van der Waals surface area contributed by atoms with Gasteiger partial charge in [0.25, 0.3) is 0 Å². The minimum Gasteiger partial charge on any atom is -0.329 e. The van der Waals surface area contributed by atoms with Gasteiger partial charge in [0.2, 0.25) is 0 Å². The summed E-state index contributed by atoms with van der Waals surface area (Å²) in [5.41, 5.74) is 7.74. The van der Waals surface area contributed by atoms with Gasteiger partial charge >= 0.3 is 0 Å². The van der Waals surface area contributed by atoms with Crippen LogP contribution in [0.1, 0.15) is 37.4 Å². The van der Waals surface area contributed by atoms with Crippen molar-refractivity contribution in [1.82, 2.24) is 4.90 Å². The van der Waals surface area contributed by atoms with Gasteiger partial charge in [0, 0.05) is 24.7 Å². The van der Waals surface area contributed by atoms with Gasteiger partial charge in [-0.2, -0.15) is 0 Å². The van der Waals surface area contributed by atoms with E-state index in [0.717, 1.165) is 17.7 Å². The summed E-state index contributed by atoms with van der Waals surface area (Å²) >= 11 is 0. The molecule has 1 saturated heterocycles. The second-order valence-electron chi connectivity index (χ2n) is 5.66. The lowest BCUT2D eigenvalue weighted by Crippen LogP contribution is -2.36. The van der Waals surface area contributed by atoms with E-state index in [0.29, 0.717) is 18.5 Å². The van der Waals surface area contributed by atoms with Gasteiger partial charge in [0.15, 0.2) is 0 Å². The van der Waals surface area contributed by atoms with Crippen LogP contribution in [0.4, 0.5) is 4.39 Å². The number of hydrogen-bond donors (Lipinski definition) is 1. The Morgan fingerprint density at radius 3 is 2.72 bits per heavy atom. The van der Waals surface area contributed by atoms with Crippen LogP contribution in [-0.2, 0) is 0 Å². The fraction of sp³-hybridized carbons (Fsp3) is 0.600. The Balaban J connectivity index is 2.30. The van der Waals surface area contributed by atoms with Crippen molar-refractivity contribution in [2.45, 2.75) is 39.3 Å². The zero-order valence-electron chi connectivity index (χ0n) is 11.5. The number of likely N-dealkylation sites (tertiary alicyclic amines) is 1. The second-order valence-corrected chi connectivity index (χ2v) is 5.66. The van der Waals surface area contributed by atoms with Crippen molar-refractivity contribution < 1.29 is 4.39 Å².